The van der Waals surface area contributed by atoms with Crippen molar-refractivity contribution in [3.05, 3.63) is 11.6 Å². The van der Waals surface area contributed by atoms with Crippen LogP contribution in [0, 0.1) is 11.3 Å². The Bertz CT molecular complexity index is 393. The number of rotatable bonds is 4. The predicted molar refractivity (Wildman–Crippen MR) is 86.5 cm³/mol. The highest BCUT2D eigenvalue weighted by Gasteiger charge is 2.42. The number of methoxy groups -OCH3 is 2. The lowest BCUT2D eigenvalue weighted by atomic mass is 9.83. The van der Waals surface area contributed by atoms with Crippen LogP contribution in [0.1, 0.15) is 57.8 Å². The lowest BCUT2D eigenvalue weighted by Crippen LogP contribution is -2.29. The van der Waals surface area contributed by atoms with E-state index >= 15 is 0 Å². The minimum Gasteiger partial charge on any atom is -0.469 e. The fraction of sp³-hybridized carbons (Fsp3) is 0.765. The molecule has 0 spiro atoms. The Hall–Kier alpha value is -1.03. The number of carbonyl (C=O) groups excluding carboxylic acids is 2. The number of hydrogen-bond acceptors (Lipinski definition) is 4. The molecular formula is C17H27ClO4. The van der Waals surface area contributed by atoms with Crippen LogP contribution in [-0.4, -0.2) is 26.2 Å². The third kappa shape index (κ3) is 5.31. The number of hydrogen-bond donors (Lipinski definition) is 0. The third-order valence-electron chi connectivity index (χ3n) is 4.60. The number of allylic oxidation sites excluding steroid dienone is 1. The molecule has 0 aromatic carbocycles. The van der Waals surface area contributed by atoms with Gasteiger partial charge in [0, 0.05) is 5.03 Å². The third-order valence-corrected chi connectivity index (χ3v) is 4.73. The molecule has 2 aliphatic carbocycles. The summed E-state index contributed by atoms with van der Waals surface area (Å²) in [4.78, 5) is 22.3. The molecule has 0 heterocycles. The Morgan fingerprint density at radius 1 is 1.09 bits per heavy atom. The Kier molecular flexibility index (Phi) is 7.94. The van der Waals surface area contributed by atoms with Gasteiger partial charge in [-0.2, -0.15) is 0 Å². The van der Waals surface area contributed by atoms with Crippen LogP contribution in [0.25, 0.3) is 0 Å². The molecule has 2 fully saturated rings. The second kappa shape index (κ2) is 9.19. The molecule has 0 saturated heterocycles. The average Bonchev–Trinajstić information content (AvgIpc) is 3.17. The summed E-state index contributed by atoms with van der Waals surface area (Å²) in [5.41, 5.74) is -0.367. The zero-order valence-electron chi connectivity index (χ0n) is 13.7. The first kappa shape index (κ1) is 19.0. The molecule has 0 aromatic heterocycles. The number of carbonyl (C=O) groups is 2. The van der Waals surface area contributed by atoms with Gasteiger partial charge in [0.25, 0.3) is 0 Å². The maximum atomic E-state index is 11.5. The van der Waals surface area contributed by atoms with Crippen LogP contribution in [0.4, 0.5) is 0 Å². The van der Waals surface area contributed by atoms with Gasteiger partial charge in [-0.1, -0.05) is 43.9 Å². The summed E-state index contributed by atoms with van der Waals surface area (Å²) in [6.45, 7) is 3.64. The Morgan fingerprint density at radius 2 is 1.64 bits per heavy atom. The summed E-state index contributed by atoms with van der Waals surface area (Å²) in [5, 5.41) is 0.548. The van der Waals surface area contributed by atoms with E-state index in [0.29, 0.717) is 11.5 Å². The van der Waals surface area contributed by atoms with Crippen LogP contribution in [0.5, 0.6) is 0 Å². The molecule has 0 atom stereocenters. The topological polar surface area (TPSA) is 52.6 Å². The quantitative estimate of drug-likeness (QED) is 0.724. The number of ether oxygens (including phenoxy) is 2. The molecule has 0 radical (unpaired) electrons. The molecule has 0 aromatic rings. The van der Waals surface area contributed by atoms with E-state index in [-0.39, 0.29) is 23.3 Å². The fourth-order valence-corrected chi connectivity index (χ4v) is 3.67. The van der Waals surface area contributed by atoms with Gasteiger partial charge in [-0.25, -0.2) is 0 Å². The van der Waals surface area contributed by atoms with Crippen LogP contribution < -0.4 is 0 Å². The molecule has 4 nitrogen and oxygen atoms in total. The molecule has 0 unspecified atom stereocenters. The molecule has 2 rings (SSSR count). The standard InChI is InChI=1S/C10H15ClO2.C7H12O2/c1-8(11)7-10(9(12)13-2)5-3-4-6-10;1-9-7(8)6-4-2-3-5-6/h1,3-7H2,2H3;6H,2-5H2,1H3. The molecule has 5 heteroatoms. The van der Waals surface area contributed by atoms with E-state index in [2.05, 4.69) is 11.3 Å². The summed E-state index contributed by atoms with van der Waals surface area (Å²) in [5.74, 6) is 0.0642. The van der Waals surface area contributed by atoms with Crippen molar-refractivity contribution in [2.75, 3.05) is 14.2 Å². The maximum Gasteiger partial charge on any atom is 0.312 e. The van der Waals surface area contributed by atoms with Crippen molar-refractivity contribution in [3.63, 3.8) is 0 Å². The zero-order chi connectivity index (χ0) is 16.6. The van der Waals surface area contributed by atoms with Gasteiger partial charge in [-0.05, 0) is 32.1 Å². The van der Waals surface area contributed by atoms with Gasteiger partial charge < -0.3 is 9.47 Å². The molecule has 0 aliphatic heterocycles. The molecule has 22 heavy (non-hydrogen) atoms. The van der Waals surface area contributed by atoms with Crippen LogP contribution in [0.2, 0.25) is 0 Å². The van der Waals surface area contributed by atoms with E-state index in [1.54, 1.807) is 0 Å². The van der Waals surface area contributed by atoms with Gasteiger partial charge in [0.05, 0.1) is 25.6 Å². The zero-order valence-corrected chi connectivity index (χ0v) is 14.4. The van der Waals surface area contributed by atoms with Gasteiger partial charge in [-0.15, -0.1) is 0 Å². The predicted octanol–water partition coefficient (Wildman–Crippen LogP) is 4.21. The molecule has 0 N–H and O–H groups in total. The highest BCUT2D eigenvalue weighted by Crippen LogP contribution is 2.44. The van der Waals surface area contributed by atoms with E-state index in [0.717, 1.165) is 38.5 Å². The second-order valence-corrected chi connectivity index (χ2v) is 6.71. The molecule has 126 valence electrons. The first-order valence-electron chi connectivity index (χ1n) is 7.94. The lowest BCUT2D eigenvalue weighted by Gasteiger charge is -2.24. The second-order valence-electron chi connectivity index (χ2n) is 6.18. The van der Waals surface area contributed by atoms with Crippen molar-refractivity contribution in [3.8, 4) is 0 Å². The summed E-state index contributed by atoms with van der Waals surface area (Å²) in [6.07, 6.45) is 8.94. The monoisotopic (exact) mass is 330 g/mol. The SMILES string of the molecule is C=C(Cl)CC1(C(=O)OC)CCCC1.COC(=O)C1CCCC1. The molecular weight excluding hydrogens is 304 g/mol. The van der Waals surface area contributed by atoms with Gasteiger partial charge in [0.1, 0.15) is 0 Å². The number of esters is 2. The van der Waals surface area contributed by atoms with Gasteiger partial charge in [-0.3, -0.25) is 9.59 Å². The largest absolute Gasteiger partial charge is 0.469 e. The van der Waals surface area contributed by atoms with Gasteiger partial charge in [0.15, 0.2) is 0 Å². The summed E-state index contributed by atoms with van der Waals surface area (Å²) in [7, 11) is 2.89. The van der Waals surface area contributed by atoms with Crippen LogP contribution >= 0.6 is 11.6 Å². The van der Waals surface area contributed by atoms with Gasteiger partial charge in [0.2, 0.25) is 0 Å². The molecule has 2 aliphatic rings. The molecule has 0 bridgehead atoms. The first-order chi connectivity index (χ1) is 10.4. The lowest BCUT2D eigenvalue weighted by molar-refractivity contribution is -0.152. The number of halogens is 1. The van der Waals surface area contributed by atoms with Crippen molar-refractivity contribution in [2.24, 2.45) is 11.3 Å². The highest BCUT2D eigenvalue weighted by molar-refractivity contribution is 6.29. The van der Waals surface area contributed by atoms with Crippen molar-refractivity contribution in [1.82, 2.24) is 0 Å². The van der Waals surface area contributed by atoms with Crippen LogP contribution in [0.15, 0.2) is 11.6 Å². The van der Waals surface area contributed by atoms with Crippen LogP contribution in [0.3, 0.4) is 0 Å². The van der Waals surface area contributed by atoms with E-state index in [1.165, 1.54) is 27.1 Å². The fourth-order valence-electron chi connectivity index (χ4n) is 3.42. The minimum atomic E-state index is -0.367. The van der Waals surface area contributed by atoms with Crippen molar-refractivity contribution < 1.29 is 19.1 Å². The van der Waals surface area contributed by atoms with Crippen LogP contribution in [-0.2, 0) is 19.1 Å². The normalized spacial score (nSPS) is 20.0. The Balaban J connectivity index is 0.000000235. The molecule has 2 saturated carbocycles. The smallest absolute Gasteiger partial charge is 0.312 e. The van der Waals surface area contributed by atoms with E-state index in [4.69, 9.17) is 16.3 Å². The highest BCUT2D eigenvalue weighted by atomic mass is 35.5. The van der Waals surface area contributed by atoms with Crippen molar-refractivity contribution >= 4 is 23.5 Å². The van der Waals surface area contributed by atoms with Crippen molar-refractivity contribution in [1.29, 1.82) is 0 Å². The Morgan fingerprint density at radius 3 is 2.05 bits per heavy atom. The molecule has 0 amide bonds. The summed E-state index contributed by atoms with van der Waals surface area (Å²) >= 11 is 5.75. The van der Waals surface area contributed by atoms with Crippen molar-refractivity contribution in [2.45, 2.75) is 57.8 Å². The van der Waals surface area contributed by atoms with E-state index in [9.17, 15) is 9.59 Å². The van der Waals surface area contributed by atoms with E-state index < -0.39 is 0 Å². The minimum absolute atomic E-state index is 0.0208. The first-order valence-corrected chi connectivity index (χ1v) is 8.32. The van der Waals surface area contributed by atoms with Gasteiger partial charge >= 0.3 is 11.9 Å². The maximum absolute atomic E-state index is 11.5. The summed E-state index contributed by atoms with van der Waals surface area (Å²) in [6, 6.07) is 0. The Labute approximate surface area is 138 Å². The summed E-state index contributed by atoms with van der Waals surface area (Å²) < 4.78 is 9.39. The average molecular weight is 331 g/mol. The van der Waals surface area contributed by atoms with E-state index in [1.807, 2.05) is 0 Å².